The Morgan fingerprint density at radius 3 is 2.52 bits per heavy atom. The first kappa shape index (κ1) is 14.0. The van der Waals surface area contributed by atoms with E-state index in [-0.39, 0.29) is 35.6 Å². The molecule has 0 spiro atoms. The number of hydrogen-bond acceptors (Lipinski definition) is 2. The maximum absolute atomic E-state index is 13.0. The van der Waals surface area contributed by atoms with Crippen LogP contribution in [-0.4, -0.2) is 29.3 Å². The van der Waals surface area contributed by atoms with Crippen molar-refractivity contribution in [2.75, 3.05) is 6.54 Å². The van der Waals surface area contributed by atoms with Crippen LogP contribution in [0.2, 0.25) is 0 Å². The topological polar surface area (TPSA) is 49.4 Å². The molecule has 1 N–H and O–H groups in total. The fourth-order valence-electron chi connectivity index (χ4n) is 2.87. The smallest absolute Gasteiger partial charge is 0.245 e. The number of nitrogens with one attached hydrogen (secondary N) is 1. The van der Waals surface area contributed by atoms with Gasteiger partial charge in [-0.1, -0.05) is 12.1 Å². The summed E-state index contributed by atoms with van der Waals surface area (Å²) in [5, 5.41) is 2.85. The molecule has 1 aromatic rings. The average Bonchev–Trinajstić information content (AvgIpc) is 3.29. The maximum atomic E-state index is 13.0. The molecule has 2 fully saturated rings. The Bertz CT molecular complexity index is 554. The molecule has 1 heterocycles. The van der Waals surface area contributed by atoms with Crippen molar-refractivity contribution in [2.24, 2.45) is 5.92 Å². The Hall–Kier alpha value is -1.91. The highest BCUT2D eigenvalue weighted by atomic mass is 19.1. The fourth-order valence-corrected chi connectivity index (χ4v) is 2.87. The number of benzene rings is 1. The molecule has 1 aromatic carbocycles. The van der Waals surface area contributed by atoms with Crippen LogP contribution in [0.5, 0.6) is 0 Å². The number of rotatable bonds is 3. The van der Waals surface area contributed by atoms with E-state index in [4.69, 9.17) is 0 Å². The van der Waals surface area contributed by atoms with Crippen molar-refractivity contribution in [3.05, 3.63) is 35.6 Å². The summed E-state index contributed by atoms with van der Waals surface area (Å²) in [6.07, 6.45) is 2.31. The van der Waals surface area contributed by atoms with Crippen LogP contribution in [-0.2, 0) is 9.59 Å². The number of halogens is 1. The van der Waals surface area contributed by atoms with Gasteiger partial charge in [-0.2, -0.15) is 0 Å². The molecule has 2 atom stereocenters. The van der Waals surface area contributed by atoms with Gasteiger partial charge < -0.3 is 10.2 Å². The van der Waals surface area contributed by atoms with Crippen LogP contribution < -0.4 is 5.32 Å². The monoisotopic (exact) mass is 290 g/mol. The van der Waals surface area contributed by atoms with Crippen LogP contribution in [0.4, 0.5) is 4.39 Å². The molecule has 1 aliphatic heterocycles. The lowest BCUT2D eigenvalue weighted by Crippen LogP contribution is -2.46. The molecule has 0 bridgehead atoms. The molecule has 5 heteroatoms. The summed E-state index contributed by atoms with van der Waals surface area (Å²) in [4.78, 5) is 26.2. The molecular formula is C16H19FN2O2. The van der Waals surface area contributed by atoms with Gasteiger partial charge in [0.05, 0.1) is 6.04 Å². The molecular weight excluding hydrogens is 271 g/mol. The summed E-state index contributed by atoms with van der Waals surface area (Å²) in [5.41, 5.74) is 0.883. The summed E-state index contributed by atoms with van der Waals surface area (Å²) < 4.78 is 13.0. The number of carbonyl (C=O) groups excluding carboxylic acids is 2. The first-order chi connectivity index (χ1) is 10.1. The molecule has 1 aliphatic carbocycles. The Morgan fingerprint density at radius 2 is 1.90 bits per heavy atom. The highest BCUT2D eigenvalue weighted by molar-refractivity contribution is 5.90. The van der Waals surface area contributed by atoms with Crippen LogP contribution in [0, 0.1) is 11.7 Å². The third-order valence-electron chi connectivity index (χ3n) is 4.36. The van der Waals surface area contributed by atoms with Gasteiger partial charge in [-0.05, 0) is 43.4 Å². The van der Waals surface area contributed by atoms with Crippen molar-refractivity contribution in [2.45, 2.75) is 38.3 Å². The van der Waals surface area contributed by atoms with Crippen LogP contribution in [0.25, 0.3) is 0 Å². The second-order valence-electron chi connectivity index (χ2n) is 5.89. The second-order valence-corrected chi connectivity index (χ2v) is 5.89. The molecule has 21 heavy (non-hydrogen) atoms. The first-order valence-corrected chi connectivity index (χ1v) is 7.41. The van der Waals surface area contributed by atoms with Crippen molar-refractivity contribution in [1.29, 1.82) is 0 Å². The Morgan fingerprint density at radius 1 is 1.24 bits per heavy atom. The Balaban J connectivity index is 1.83. The van der Waals surface area contributed by atoms with Crippen molar-refractivity contribution in [3.8, 4) is 0 Å². The van der Waals surface area contributed by atoms with Gasteiger partial charge in [0.1, 0.15) is 11.9 Å². The zero-order valence-electron chi connectivity index (χ0n) is 12.0. The Kier molecular flexibility index (Phi) is 3.66. The number of hydrogen-bond donors (Lipinski definition) is 1. The van der Waals surface area contributed by atoms with E-state index in [0.29, 0.717) is 13.0 Å². The van der Waals surface area contributed by atoms with Gasteiger partial charge in [0.2, 0.25) is 11.8 Å². The first-order valence-electron chi connectivity index (χ1n) is 7.41. The lowest BCUT2D eigenvalue weighted by Gasteiger charge is -2.30. The van der Waals surface area contributed by atoms with Crippen molar-refractivity contribution in [1.82, 2.24) is 10.2 Å². The van der Waals surface area contributed by atoms with Gasteiger partial charge in [0.25, 0.3) is 0 Å². The summed E-state index contributed by atoms with van der Waals surface area (Å²) in [6, 6.07) is 5.64. The predicted octanol–water partition coefficient (Wildman–Crippen LogP) is 2.01. The van der Waals surface area contributed by atoms with Crippen LogP contribution in [0.1, 0.15) is 37.8 Å². The van der Waals surface area contributed by atoms with Crippen LogP contribution >= 0.6 is 0 Å². The summed E-state index contributed by atoms with van der Waals surface area (Å²) >= 11 is 0. The summed E-state index contributed by atoms with van der Waals surface area (Å²) in [7, 11) is 0. The molecule has 1 saturated carbocycles. The number of nitrogens with zero attached hydrogens (tertiary/aromatic N) is 1. The minimum absolute atomic E-state index is 0.0137. The van der Waals surface area contributed by atoms with Gasteiger partial charge >= 0.3 is 0 Å². The maximum Gasteiger partial charge on any atom is 0.245 e. The van der Waals surface area contributed by atoms with Gasteiger partial charge in [-0.25, -0.2) is 4.39 Å². The molecule has 4 nitrogen and oxygen atoms in total. The SMILES string of the molecule is CC(c1ccc(F)cc1)N1CCC(=O)NC(C2CC2)C1=O. The minimum atomic E-state index is -0.386. The summed E-state index contributed by atoms with van der Waals surface area (Å²) in [6.45, 7) is 2.33. The van der Waals surface area contributed by atoms with Gasteiger partial charge in [-0.3, -0.25) is 9.59 Å². The van der Waals surface area contributed by atoms with Crippen LogP contribution in [0.15, 0.2) is 24.3 Å². The lowest BCUT2D eigenvalue weighted by atomic mass is 10.0. The number of amides is 2. The van der Waals surface area contributed by atoms with Gasteiger partial charge in [0.15, 0.2) is 0 Å². The molecule has 2 amide bonds. The van der Waals surface area contributed by atoms with E-state index in [1.54, 1.807) is 17.0 Å². The highest BCUT2D eigenvalue weighted by Gasteiger charge is 2.42. The second kappa shape index (κ2) is 5.47. The van der Waals surface area contributed by atoms with Gasteiger partial charge in [-0.15, -0.1) is 0 Å². The molecule has 0 aromatic heterocycles. The van der Waals surface area contributed by atoms with Crippen LogP contribution in [0.3, 0.4) is 0 Å². The van der Waals surface area contributed by atoms with E-state index in [2.05, 4.69) is 5.32 Å². The molecule has 3 rings (SSSR count). The van der Waals surface area contributed by atoms with Gasteiger partial charge in [0, 0.05) is 13.0 Å². The lowest BCUT2D eigenvalue weighted by molar-refractivity contribution is -0.136. The van der Waals surface area contributed by atoms with Crippen molar-refractivity contribution < 1.29 is 14.0 Å². The molecule has 2 aliphatic rings. The van der Waals surface area contributed by atoms with E-state index in [9.17, 15) is 14.0 Å². The fraction of sp³-hybridized carbons (Fsp3) is 0.500. The third kappa shape index (κ3) is 2.91. The standard InChI is InChI=1S/C16H19FN2O2/c1-10(11-4-6-13(17)7-5-11)19-9-8-14(20)18-15(16(19)21)12-2-3-12/h4-7,10,12,15H,2-3,8-9H2,1H3,(H,18,20). The molecule has 2 unspecified atom stereocenters. The average molecular weight is 290 g/mol. The van der Waals surface area contributed by atoms with E-state index in [0.717, 1.165) is 18.4 Å². The minimum Gasteiger partial charge on any atom is -0.344 e. The van der Waals surface area contributed by atoms with Crippen molar-refractivity contribution in [3.63, 3.8) is 0 Å². The predicted molar refractivity (Wildman–Crippen MR) is 75.8 cm³/mol. The van der Waals surface area contributed by atoms with E-state index >= 15 is 0 Å². The zero-order chi connectivity index (χ0) is 15.0. The quantitative estimate of drug-likeness (QED) is 0.926. The highest BCUT2D eigenvalue weighted by Crippen LogP contribution is 2.35. The van der Waals surface area contributed by atoms with E-state index in [1.807, 2.05) is 6.92 Å². The largest absolute Gasteiger partial charge is 0.344 e. The molecule has 0 radical (unpaired) electrons. The Labute approximate surface area is 123 Å². The third-order valence-corrected chi connectivity index (χ3v) is 4.36. The molecule has 112 valence electrons. The zero-order valence-corrected chi connectivity index (χ0v) is 12.0. The molecule has 1 saturated heterocycles. The van der Waals surface area contributed by atoms with Crippen molar-refractivity contribution >= 4 is 11.8 Å². The van der Waals surface area contributed by atoms with E-state index in [1.165, 1.54) is 12.1 Å². The summed E-state index contributed by atoms with van der Waals surface area (Å²) in [5.74, 6) is -0.0856. The number of carbonyl (C=O) groups is 2. The van der Waals surface area contributed by atoms with E-state index < -0.39 is 0 Å². The normalized spacial score (nSPS) is 24.5.